The second-order valence-electron chi connectivity index (χ2n) is 7.23. The summed E-state index contributed by atoms with van der Waals surface area (Å²) in [4.78, 5) is 42.7. The molecule has 1 heterocycles. The summed E-state index contributed by atoms with van der Waals surface area (Å²) in [6.45, 7) is 5.85. The van der Waals surface area contributed by atoms with Gasteiger partial charge in [0.2, 0.25) is 0 Å². The second-order valence-corrected chi connectivity index (χ2v) is 8.11. The van der Waals surface area contributed by atoms with Crippen LogP contribution in [0.15, 0.2) is 42.5 Å². The van der Waals surface area contributed by atoms with Crippen LogP contribution in [0, 0.1) is 6.92 Å². The Labute approximate surface area is 190 Å². The maximum Gasteiger partial charge on any atom is 0.271 e. The number of aryl methyl sites for hydroxylation is 1. The molecule has 1 atom stereocenters. The first-order chi connectivity index (χ1) is 14.7. The van der Waals surface area contributed by atoms with Gasteiger partial charge in [-0.1, -0.05) is 29.3 Å². The molecule has 8 heteroatoms. The van der Waals surface area contributed by atoms with Crippen molar-refractivity contribution in [3.8, 4) is 0 Å². The quantitative estimate of drug-likeness (QED) is 0.509. The van der Waals surface area contributed by atoms with Gasteiger partial charge in [-0.05, 0) is 73.9 Å². The number of hydroxylamine groups is 2. The van der Waals surface area contributed by atoms with Gasteiger partial charge in [0, 0.05) is 27.7 Å². The van der Waals surface area contributed by atoms with E-state index in [0.29, 0.717) is 38.9 Å². The molecule has 162 valence electrons. The smallest absolute Gasteiger partial charge is 0.271 e. The van der Waals surface area contributed by atoms with Crippen molar-refractivity contribution >= 4 is 46.4 Å². The second kappa shape index (κ2) is 9.64. The Morgan fingerprint density at radius 1 is 1.16 bits per heavy atom. The Balaban J connectivity index is 1.74. The highest BCUT2D eigenvalue weighted by molar-refractivity contribution is 6.34. The van der Waals surface area contributed by atoms with Crippen LogP contribution in [-0.2, 0) is 9.63 Å². The molecule has 1 fully saturated rings. The molecule has 1 N–H and O–H groups in total. The SMILES string of the molecule is CCN1OC[C@@H](NC(=O)c2ccc(C(=O)/C=C(/C)c3cc(Cl)cc(Cl)c3)cc2C)C1=O. The molecule has 6 nitrogen and oxygen atoms in total. The number of ketones is 1. The van der Waals surface area contributed by atoms with Crippen LogP contribution in [0.25, 0.3) is 5.57 Å². The van der Waals surface area contributed by atoms with E-state index in [1.165, 1.54) is 11.1 Å². The van der Waals surface area contributed by atoms with E-state index in [4.69, 9.17) is 28.0 Å². The molecule has 1 saturated heterocycles. The van der Waals surface area contributed by atoms with Crippen molar-refractivity contribution in [1.82, 2.24) is 10.4 Å². The third-order valence-electron chi connectivity index (χ3n) is 4.95. The zero-order valence-electron chi connectivity index (χ0n) is 17.4. The number of allylic oxidation sites excluding steroid dienone is 2. The Morgan fingerprint density at radius 3 is 2.42 bits per heavy atom. The summed E-state index contributed by atoms with van der Waals surface area (Å²) in [5, 5.41) is 4.89. The molecule has 2 amide bonds. The van der Waals surface area contributed by atoms with Crippen LogP contribution in [0.1, 0.15) is 45.7 Å². The van der Waals surface area contributed by atoms with Crippen LogP contribution in [-0.4, -0.2) is 41.9 Å². The van der Waals surface area contributed by atoms with Crippen molar-refractivity contribution in [3.05, 3.63) is 74.8 Å². The monoisotopic (exact) mass is 460 g/mol. The predicted molar refractivity (Wildman–Crippen MR) is 120 cm³/mol. The summed E-state index contributed by atoms with van der Waals surface area (Å²) in [6.07, 6.45) is 1.50. The van der Waals surface area contributed by atoms with E-state index < -0.39 is 11.9 Å². The molecular weight excluding hydrogens is 439 g/mol. The van der Waals surface area contributed by atoms with E-state index in [1.54, 1.807) is 57.2 Å². The zero-order valence-corrected chi connectivity index (χ0v) is 18.9. The van der Waals surface area contributed by atoms with E-state index in [0.717, 1.165) is 5.56 Å². The Morgan fingerprint density at radius 2 is 1.84 bits per heavy atom. The van der Waals surface area contributed by atoms with E-state index in [9.17, 15) is 14.4 Å². The van der Waals surface area contributed by atoms with Gasteiger partial charge in [-0.3, -0.25) is 19.2 Å². The van der Waals surface area contributed by atoms with E-state index in [1.807, 2.05) is 0 Å². The molecule has 0 aromatic heterocycles. The van der Waals surface area contributed by atoms with Crippen molar-refractivity contribution in [1.29, 1.82) is 0 Å². The number of halogens is 2. The van der Waals surface area contributed by atoms with E-state index >= 15 is 0 Å². The van der Waals surface area contributed by atoms with Crippen LogP contribution in [0.3, 0.4) is 0 Å². The highest BCUT2D eigenvalue weighted by Crippen LogP contribution is 2.24. The molecule has 0 unspecified atom stereocenters. The maximum absolute atomic E-state index is 12.7. The van der Waals surface area contributed by atoms with E-state index in [2.05, 4.69) is 5.32 Å². The van der Waals surface area contributed by atoms with Gasteiger partial charge in [0.05, 0.1) is 0 Å². The lowest BCUT2D eigenvalue weighted by Gasteiger charge is -2.13. The van der Waals surface area contributed by atoms with Crippen molar-refractivity contribution in [2.24, 2.45) is 0 Å². The normalized spacial score (nSPS) is 16.5. The number of hydrogen-bond donors (Lipinski definition) is 1. The fraction of sp³-hybridized carbons (Fsp3) is 0.261. The van der Waals surface area contributed by atoms with Crippen molar-refractivity contribution in [2.45, 2.75) is 26.8 Å². The lowest BCUT2D eigenvalue weighted by molar-refractivity contribution is -0.160. The molecule has 0 radical (unpaired) electrons. The fourth-order valence-corrected chi connectivity index (χ4v) is 3.80. The third-order valence-corrected chi connectivity index (χ3v) is 5.39. The average Bonchev–Trinajstić information content (AvgIpc) is 3.06. The first kappa shape index (κ1) is 23.0. The summed E-state index contributed by atoms with van der Waals surface area (Å²) in [7, 11) is 0. The van der Waals surface area contributed by atoms with Crippen molar-refractivity contribution in [3.63, 3.8) is 0 Å². The molecule has 2 aromatic rings. The van der Waals surface area contributed by atoms with Crippen LogP contribution in [0.4, 0.5) is 0 Å². The average molecular weight is 461 g/mol. The Kier molecular flexibility index (Phi) is 7.15. The first-order valence-corrected chi connectivity index (χ1v) is 10.5. The number of carbonyl (C=O) groups is 3. The molecule has 0 spiro atoms. The molecule has 3 rings (SSSR count). The molecule has 1 aliphatic rings. The zero-order chi connectivity index (χ0) is 22.7. The van der Waals surface area contributed by atoms with Gasteiger partial charge in [-0.25, -0.2) is 5.06 Å². The largest absolute Gasteiger partial charge is 0.338 e. The molecule has 0 bridgehead atoms. The molecular formula is C23H22Cl2N2O4. The minimum atomic E-state index is -0.719. The van der Waals surface area contributed by atoms with Crippen molar-refractivity contribution in [2.75, 3.05) is 13.2 Å². The van der Waals surface area contributed by atoms with Gasteiger partial charge in [0.15, 0.2) is 5.78 Å². The topological polar surface area (TPSA) is 75.7 Å². The molecule has 1 aliphatic heterocycles. The lowest BCUT2D eigenvalue weighted by atomic mass is 9.99. The molecule has 2 aromatic carbocycles. The number of carbonyl (C=O) groups excluding carboxylic acids is 3. The highest BCUT2D eigenvalue weighted by Gasteiger charge is 2.33. The van der Waals surface area contributed by atoms with Gasteiger partial charge in [0.1, 0.15) is 12.6 Å². The van der Waals surface area contributed by atoms with Crippen LogP contribution < -0.4 is 5.32 Å². The molecule has 31 heavy (non-hydrogen) atoms. The number of nitrogens with one attached hydrogen (secondary N) is 1. The van der Waals surface area contributed by atoms with Crippen LogP contribution in [0.5, 0.6) is 0 Å². The standard InChI is InChI=1S/C23H22Cl2N2O4/c1-4-27-23(30)20(12-31-27)26-22(29)19-6-5-15(7-14(19)3)21(28)8-13(2)16-9-17(24)11-18(25)10-16/h5-11,20H,4,12H2,1-3H3,(H,26,29)/b13-8-/t20-/m1/s1. The van der Waals surface area contributed by atoms with Crippen molar-refractivity contribution < 1.29 is 19.2 Å². The summed E-state index contributed by atoms with van der Waals surface area (Å²) in [6, 6.07) is 9.19. The highest BCUT2D eigenvalue weighted by atomic mass is 35.5. The maximum atomic E-state index is 12.7. The van der Waals surface area contributed by atoms with Gasteiger partial charge in [-0.2, -0.15) is 0 Å². The van der Waals surface area contributed by atoms with Gasteiger partial charge in [-0.15, -0.1) is 0 Å². The summed E-state index contributed by atoms with van der Waals surface area (Å²) < 4.78 is 0. The Hall–Kier alpha value is -2.67. The number of likely N-dealkylation sites (N-methyl/N-ethyl adjacent to an activating group) is 1. The number of nitrogens with zero attached hydrogens (tertiary/aromatic N) is 1. The summed E-state index contributed by atoms with van der Waals surface area (Å²) >= 11 is 12.1. The lowest BCUT2D eigenvalue weighted by Crippen LogP contribution is -2.42. The number of benzene rings is 2. The molecule has 0 saturated carbocycles. The van der Waals surface area contributed by atoms with Crippen LogP contribution >= 0.6 is 23.2 Å². The fourth-order valence-electron chi connectivity index (χ4n) is 3.28. The number of amides is 2. The van der Waals surface area contributed by atoms with Gasteiger partial charge >= 0.3 is 0 Å². The molecule has 0 aliphatic carbocycles. The third kappa shape index (κ3) is 5.34. The first-order valence-electron chi connectivity index (χ1n) is 9.74. The van der Waals surface area contributed by atoms with E-state index in [-0.39, 0.29) is 18.3 Å². The predicted octanol–water partition coefficient (Wildman–Crippen LogP) is 4.48. The number of hydrogen-bond acceptors (Lipinski definition) is 4. The summed E-state index contributed by atoms with van der Waals surface area (Å²) in [5.74, 6) is -0.875. The van der Waals surface area contributed by atoms with Gasteiger partial charge < -0.3 is 5.32 Å². The minimum Gasteiger partial charge on any atom is -0.338 e. The Bertz CT molecular complexity index is 1060. The van der Waals surface area contributed by atoms with Crippen LogP contribution in [0.2, 0.25) is 10.0 Å². The number of rotatable bonds is 6. The minimum absolute atomic E-state index is 0.103. The van der Waals surface area contributed by atoms with Gasteiger partial charge in [0.25, 0.3) is 11.8 Å². The summed E-state index contributed by atoms with van der Waals surface area (Å²) in [5.41, 5.74) is 2.93.